The molecular formula is C28H20Cl2N8O2. The molecule has 10 nitrogen and oxygen atoms in total. The van der Waals surface area contributed by atoms with Crippen LogP contribution in [-0.2, 0) is 11.2 Å². The van der Waals surface area contributed by atoms with Gasteiger partial charge in [0, 0.05) is 28.5 Å². The van der Waals surface area contributed by atoms with Gasteiger partial charge in [-0.1, -0.05) is 70.9 Å². The number of aromatic nitrogens is 7. The quantitative estimate of drug-likeness (QED) is 0.275. The number of anilines is 1. The third-order valence-corrected chi connectivity index (χ3v) is 6.81. The molecule has 3 heterocycles. The Morgan fingerprint density at radius 3 is 2.58 bits per heavy atom. The monoisotopic (exact) mass is 570 g/mol. The molecule has 0 aliphatic carbocycles. The van der Waals surface area contributed by atoms with E-state index in [0.717, 1.165) is 16.5 Å². The van der Waals surface area contributed by atoms with E-state index in [-0.39, 0.29) is 11.6 Å². The minimum absolute atomic E-state index is 0.212. The zero-order valence-corrected chi connectivity index (χ0v) is 22.2. The average Bonchev–Trinajstić information content (AvgIpc) is 3.58. The maximum atomic E-state index is 13.7. The lowest BCUT2D eigenvalue weighted by Gasteiger charge is -2.19. The van der Waals surface area contributed by atoms with E-state index < -0.39 is 17.5 Å². The molecule has 0 bridgehead atoms. The highest BCUT2D eigenvalue weighted by Gasteiger charge is 2.25. The lowest BCUT2D eigenvalue weighted by Crippen LogP contribution is -2.34. The minimum atomic E-state index is -0.903. The van der Waals surface area contributed by atoms with E-state index in [1.807, 2.05) is 54.6 Å². The zero-order chi connectivity index (χ0) is 27.6. The number of fused-ring (bicyclic) bond motifs is 1. The van der Waals surface area contributed by atoms with Crippen LogP contribution in [0.4, 0.5) is 5.82 Å². The summed E-state index contributed by atoms with van der Waals surface area (Å²) < 4.78 is 2.79. The van der Waals surface area contributed by atoms with Crippen LogP contribution in [-0.4, -0.2) is 40.6 Å². The van der Waals surface area contributed by atoms with Crippen molar-refractivity contribution in [1.82, 2.24) is 34.7 Å². The van der Waals surface area contributed by atoms with Crippen LogP contribution in [0.3, 0.4) is 0 Å². The second-order valence-electron chi connectivity index (χ2n) is 8.98. The van der Waals surface area contributed by atoms with E-state index in [4.69, 9.17) is 23.2 Å². The van der Waals surface area contributed by atoms with Crippen molar-refractivity contribution in [2.75, 3.05) is 5.32 Å². The maximum Gasteiger partial charge on any atom is 0.254 e. The summed E-state index contributed by atoms with van der Waals surface area (Å²) in [6.07, 6.45) is 3.16. The number of benzene rings is 3. The van der Waals surface area contributed by atoms with Gasteiger partial charge in [0.2, 0.25) is 5.91 Å². The number of amides is 1. The molecule has 40 heavy (non-hydrogen) atoms. The summed E-state index contributed by atoms with van der Waals surface area (Å²) in [5, 5.41) is 19.3. The topological polar surface area (TPSA) is 123 Å². The van der Waals surface area contributed by atoms with Gasteiger partial charge < -0.3 is 5.32 Å². The molecule has 12 heteroatoms. The van der Waals surface area contributed by atoms with Crippen LogP contribution in [0.2, 0.25) is 10.2 Å². The van der Waals surface area contributed by atoms with E-state index in [1.165, 1.54) is 27.8 Å². The maximum absolute atomic E-state index is 13.7. The van der Waals surface area contributed by atoms with Crippen LogP contribution < -0.4 is 10.9 Å². The molecule has 0 unspecified atom stereocenters. The molecule has 0 spiro atoms. The second kappa shape index (κ2) is 10.8. The number of carbonyl (C=O) groups is 1. The first-order valence-electron chi connectivity index (χ1n) is 12.2. The average molecular weight is 571 g/mol. The molecule has 0 aliphatic heterocycles. The van der Waals surface area contributed by atoms with Crippen molar-refractivity contribution in [2.24, 2.45) is 0 Å². The van der Waals surface area contributed by atoms with Crippen molar-refractivity contribution in [1.29, 1.82) is 0 Å². The van der Waals surface area contributed by atoms with Gasteiger partial charge in [-0.3, -0.25) is 19.3 Å². The van der Waals surface area contributed by atoms with Crippen molar-refractivity contribution < 1.29 is 4.79 Å². The standard InChI is InChI=1S/C28H20Cl2N8O2/c29-18-10-11-23(38-15-25(30)34-36-38)20(13-18)22-14-26(39)37(16-31-22)24(12-17-6-2-1-3-7-17)28(40)32-27-19-8-4-5-9-21(19)33-35-27/h1-11,13-16,24H,12H2,(H2,32,33,35,40)/t24-/m0/s1. The normalized spacial score (nSPS) is 11.9. The van der Waals surface area contributed by atoms with Crippen molar-refractivity contribution in [3.8, 4) is 16.9 Å². The Morgan fingerprint density at radius 2 is 1.80 bits per heavy atom. The highest BCUT2D eigenvalue weighted by molar-refractivity contribution is 6.31. The molecule has 0 aliphatic rings. The highest BCUT2D eigenvalue weighted by atomic mass is 35.5. The molecule has 198 valence electrons. The number of aromatic amines is 1. The first kappa shape index (κ1) is 25.5. The summed E-state index contributed by atoms with van der Waals surface area (Å²) in [6.45, 7) is 0. The van der Waals surface area contributed by atoms with Crippen molar-refractivity contribution in [3.63, 3.8) is 0 Å². The van der Waals surface area contributed by atoms with E-state index in [9.17, 15) is 9.59 Å². The number of H-pyrrole nitrogens is 1. The van der Waals surface area contributed by atoms with Gasteiger partial charge in [0.25, 0.3) is 5.56 Å². The van der Waals surface area contributed by atoms with Gasteiger partial charge in [0.1, 0.15) is 6.04 Å². The molecule has 3 aromatic carbocycles. The first-order chi connectivity index (χ1) is 19.5. The number of rotatable bonds is 7. The van der Waals surface area contributed by atoms with Gasteiger partial charge in [-0.2, -0.15) is 5.10 Å². The van der Waals surface area contributed by atoms with E-state index in [2.05, 4.69) is 30.8 Å². The number of para-hydroxylation sites is 1. The summed E-state index contributed by atoms with van der Waals surface area (Å²) in [7, 11) is 0. The Balaban J connectivity index is 1.38. The number of nitrogens with one attached hydrogen (secondary N) is 2. The van der Waals surface area contributed by atoms with Gasteiger partial charge in [-0.05, 0) is 35.9 Å². The van der Waals surface area contributed by atoms with Crippen molar-refractivity contribution >= 4 is 45.8 Å². The Bertz CT molecular complexity index is 1900. The molecule has 0 radical (unpaired) electrons. The molecule has 2 N–H and O–H groups in total. The number of nitrogens with zero attached hydrogens (tertiary/aromatic N) is 6. The van der Waals surface area contributed by atoms with Gasteiger partial charge in [-0.25, -0.2) is 9.67 Å². The fourth-order valence-corrected chi connectivity index (χ4v) is 4.78. The lowest BCUT2D eigenvalue weighted by molar-refractivity contribution is -0.119. The Labute approximate surface area is 237 Å². The Hall–Kier alpha value is -4.80. The molecule has 1 atom stereocenters. The summed E-state index contributed by atoms with van der Waals surface area (Å²) in [4.78, 5) is 31.7. The fraction of sp³-hybridized carbons (Fsp3) is 0.0714. The number of hydrogen-bond donors (Lipinski definition) is 2. The highest BCUT2D eigenvalue weighted by Crippen LogP contribution is 2.28. The van der Waals surface area contributed by atoms with E-state index in [1.54, 1.807) is 18.2 Å². The first-order valence-corrected chi connectivity index (χ1v) is 13.0. The Morgan fingerprint density at radius 1 is 1.00 bits per heavy atom. The molecule has 1 amide bonds. The smallest absolute Gasteiger partial charge is 0.254 e. The van der Waals surface area contributed by atoms with Gasteiger partial charge in [-0.15, -0.1) is 5.10 Å². The molecular weight excluding hydrogens is 551 g/mol. The van der Waals surface area contributed by atoms with Crippen LogP contribution in [0.5, 0.6) is 0 Å². The van der Waals surface area contributed by atoms with Crippen molar-refractivity contribution in [2.45, 2.75) is 12.5 Å². The van der Waals surface area contributed by atoms with E-state index in [0.29, 0.717) is 27.8 Å². The number of hydrogen-bond acceptors (Lipinski definition) is 6. The third-order valence-electron chi connectivity index (χ3n) is 6.40. The van der Waals surface area contributed by atoms with E-state index >= 15 is 0 Å². The minimum Gasteiger partial charge on any atom is -0.307 e. The predicted molar refractivity (Wildman–Crippen MR) is 153 cm³/mol. The molecule has 0 saturated heterocycles. The second-order valence-corrected chi connectivity index (χ2v) is 9.80. The van der Waals surface area contributed by atoms with Crippen LogP contribution in [0, 0.1) is 0 Å². The fourth-order valence-electron chi connectivity index (χ4n) is 4.48. The van der Waals surface area contributed by atoms with Crippen LogP contribution in [0.15, 0.2) is 96.2 Å². The summed E-state index contributed by atoms with van der Waals surface area (Å²) in [5.74, 6) is -0.0233. The van der Waals surface area contributed by atoms with Crippen LogP contribution >= 0.6 is 23.2 Å². The molecule has 6 aromatic rings. The molecule has 3 aromatic heterocycles. The predicted octanol–water partition coefficient (Wildman–Crippen LogP) is 5.10. The van der Waals surface area contributed by atoms with Crippen LogP contribution in [0.25, 0.3) is 27.8 Å². The third kappa shape index (κ3) is 5.09. The molecule has 6 rings (SSSR count). The Kier molecular flexibility index (Phi) is 6.85. The molecule has 0 fully saturated rings. The lowest BCUT2D eigenvalue weighted by atomic mass is 10.0. The SMILES string of the molecule is O=C(Nc1n[nH]c2ccccc12)[C@H](Cc1ccccc1)n1cnc(-c2cc(Cl)ccc2-n2cc(Cl)nn2)cc1=O. The van der Waals surface area contributed by atoms with Crippen molar-refractivity contribution in [3.05, 3.63) is 117 Å². The van der Waals surface area contributed by atoms with Crippen LogP contribution in [0.1, 0.15) is 11.6 Å². The number of halogens is 2. The summed E-state index contributed by atoms with van der Waals surface area (Å²) in [6, 6.07) is 22.5. The molecule has 0 saturated carbocycles. The number of carbonyl (C=O) groups excluding carboxylic acids is 1. The van der Waals surface area contributed by atoms with Gasteiger partial charge in [0.05, 0.1) is 29.4 Å². The summed E-state index contributed by atoms with van der Waals surface area (Å²) >= 11 is 12.2. The summed E-state index contributed by atoms with van der Waals surface area (Å²) in [5.41, 5.74) is 2.72. The van der Waals surface area contributed by atoms with Gasteiger partial charge >= 0.3 is 0 Å². The largest absolute Gasteiger partial charge is 0.307 e. The van der Waals surface area contributed by atoms with Gasteiger partial charge in [0.15, 0.2) is 11.0 Å². The zero-order valence-electron chi connectivity index (χ0n) is 20.7.